The first-order valence-corrected chi connectivity index (χ1v) is 5.46. The van der Waals surface area contributed by atoms with Crippen molar-refractivity contribution in [3.63, 3.8) is 0 Å². The van der Waals surface area contributed by atoms with Crippen molar-refractivity contribution in [2.75, 3.05) is 11.1 Å². The summed E-state index contributed by atoms with van der Waals surface area (Å²) in [6.45, 7) is 2.07. The molecule has 0 radical (unpaired) electrons. The van der Waals surface area contributed by atoms with Crippen LogP contribution in [0.3, 0.4) is 0 Å². The van der Waals surface area contributed by atoms with Gasteiger partial charge in [-0.2, -0.15) is 0 Å². The van der Waals surface area contributed by atoms with E-state index in [0.29, 0.717) is 22.0 Å². The zero-order valence-electron chi connectivity index (χ0n) is 9.01. The minimum Gasteiger partial charge on any atom is -0.399 e. The monoisotopic (exact) mass is 239 g/mol. The van der Waals surface area contributed by atoms with E-state index in [0.717, 1.165) is 12.8 Å². The van der Waals surface area contributed by atoms with Crippen LogP contribution >= 0.6 is 11.6 Å². The van der Waals surface area contributed by atoms with Gasteiger partial charge in [-0.3, -0.25) is 4.79 Å². The normalized spacial score (nSPS) is 16.9. The van der Waals surface area contributed by atoms with Crippen molar-refractivity contribution < 1.29 is 4.79 Å². The maximum absolute atomic E-state index is 11.3. The molecule has 1 aromatic rings. The van der Waals surface area contributed by atoms with Crippen molar-refractivity contribution in [2.24, 2.45) is 5.73 Å². The SMILES string of the molecule is CC1(Nc2c(Cl)cc(N)cc2C(N)=O)CC1. The predicted octanol–water partition coefficient (Wildman–Crippen LogP) is 1.99. The number of anilines is 2. The van der Waals surface area contributed by atoms with Gasteiger partial charge in [0.05, 0.1) is 16.3 Å². The third-order valence-corrected chi connectivity index (χ3v) is 3.10. The molecule has 86 valence electrons. The molecule has 1 amide bonds. The largest absolute Gasteiger partial charge is 0.399 e. The van der Waals surface area contributed by atoms with Crippen LogP contribution < -0.4 is 16.8 Å². The number of hydrogen-bond donors (Lipinski definition) is 3. The molecule has 1 aliphatic rings. The molecule has 0 aromatic heterocycles. The number of rotatable bonds is 3. The van der Waals surface area contributed by atoms with Crippen molar-refractivity contribution in [2.45, 2.75) is 25.3 Å². The maximum Gasteiger partial charge on any atom is 0.250 e. The number of carbonyl (C=O) groups is 1. The molecule has 1 aromatic carbocycles. The van der Waals surface area contributed by atoms with E-state index in [4.69, 9.17) is 23.1 Å². The summed E-state index contributed by atoms with van der Waals surface area (Å²) in [5.41, 5.74) is 12.3. The van der Waals surface area contributed by atoms with E-state index < -0.39 is 5.91 Å². The van der Waals surface area contributed by atoms with E-state index in [1.54, 1.807) is 12.1 Å². The van der Waals surface area contributed by atoms with Crippen LogP contribution in [0.15, 0.2) is 12.1 Å². The van der Waals surface area contributed by atoms with Crippen molar-refractivity contribution in [3.05, 3.63) is 22.7 Å². The molecule has 5 N–H and O–H groups in total. The predicted molar refractivity (Wildman–Crippen MR) is 65.6 cm³/mol. The third-order valence-electron chi connectivity index (χ3n) is 2.80. The lowest BCUT2D eigenvalue weighted by Gasteiger charge is -2.17. The zero-order valence-corrected chi connectivity index (χ0v) is 9.77. The van der Waals surface area contributed by atoms with Gasteiger partial charge in [0.15, 0.2) is 0 Å². The molecule has 1 saturated carbocycles. The number of benzene rings is 1. The Labute approximate surface area is 98.9 Å². The summed E-state index contributed by atoms with van der Waals surface area (Å²) in [7, 11) is 0. The summed E-state index contributed by atoms with van der Waals surface area (Å²) in [6, 6.07) is 3.16. The van der Waals surface area contributed by atoms with E-state index in [2.05, 4.69) is 12.2 Å². The summed E-state index contributed by atoms with van der Waals surface area (Å²) in [5.74, 6) is -0.527. The Hall–Kier alpha value is -1.42. The summed E-state index contributed by atoms with van der Waals surface area (Å²) in [5, 5.41) is 3.68. The van der Waals surface area contributed by atoms with Gasteiger partial charge in [0.1, 0.15) is 0 Å². The number of amides is 1. The topological polar surface area (TPSA) is 81.1 Å². The van der Waals surface area contributed by atoms with Gasteiger partial charge in [-0.1, -0.05) is 11.6 Å². The van der Waals surface area contributed by atoms with E-state index in [-0.39, 0.29) is 5.54 Å². The fraction of sp³-hybridized carbons (Fsp3) is 0.364. The van der Waals surface area contributed by atoms with E-state index in [9.17, 15) is 4.79 Å². The van der Waals surface area contributed by atoms with Crippen LogP contribution in [0.4, 0.5) is 11.4 Å². The van der Waals surface area contributed by atoms with Crippen LogP contribution in [0.5, 0.6) is 0 Å². The number of nitrogens with one attached hydrogen (secondary N) is 1. The molecule has 1 aliphatic carbocycles. The van der Waals surface area contributed by atoms with E-state index in [1.165, 1.54) is 0 Å². The lowest BCUT2D eigenvalue weighted by atomic mass is 10.1. The van der Waals surface area contributed by atoms with Crippen LogP contribution in [0.25, 0.3) is 0 Å². The quantitative estimate of drug-likeness (QED) is 0.706. The second-order valence-electron chi connectivity index (χ2n) is 4.48. The number of halogens is 1. The van der Waals surface area contributed by atoms with Crippen molar-refractivity contribution >= 4 is 28.9 Å². The Morgan fingerprint density at radius 1 is 1.50 bits per heavy atom. The molecule has 2 rings (SSSR count). The molecule has 0 saturated heterocycles. The first-order chi connectivity index (χ1) is 7.41. The van der Waals surface area contributed by atoms with Crippen LogP contribution in [0.2, 0.25) is 5.02 Å². The molecule has 0 unspecified atom stereocenters. The highest BCUT2D eigenvalue weighted by molar-refractivity contribution is 6.34. The lowest BCUT2D eigenvalue weighted by Crippen LogP contribution is -2.21. The van der Waals surface area contributed by atoms with E-state index >= 15 is 0 Å². The van der Waals surface area contributed by atoms with Gasteiger partial charge >= 0.3 is 0 Å². The minimum absolute atomic E-state index is 0.0317. The summed E-state index contributed by atoms with van der Waals surface area (Å²) in [6.07, 6.45) is 2.12. The first-order valence-electron chi connectivity index (χ1n) is 5.08. The zero-order chi connectivity index (χ0) is 11.9. The molecular weight excluding hydrogens is 226 g/mol. The van der Waals surface area contributed by atoms with Crippen LogP contribution in [-0.4, -0.2) is 11.4 Å². The standard InChI is InChI=1S/C11H14ClN3O/c1-11(2-3-11)15-9-7(10(14)16)4-6(13)5-8(9)12/h4-5,15H,2-3,13H2,1H3,(H2,14,16). The van der Waals surface area contributed by atoms with Gasteiger partial charge in [0, 0.05) is 11.2 Å². The molecule has 0 bridgehead atoms. The molecular formula is C11H14ClN3O. The van der Waals surface area contributed by atoms with Gasteiger partial charge in [0.25, 0.3) is 5.91 Å². The summed E-state index contributed by atoms with van der Waals surface area (Å²) < 4.78 is 0. The Kier molecular flexibility index (Phi) is 2.46. The fourth-order valence-corrected chi connectivity index (χ4v) is 1.84. The highest BCUT2D eigenvalue weighted by atomic mass is 35.5. The molecule has 0 atom stereocenters. The van der Waals surface area contributed by atoms with Gasteiger partial charge in [0.2, 0.25) is 0 Å². The van der Waals surface area contributed by atoms with Gasteiger partial charge in [-0.15, -0.1) is 0 Å². The molecule has 5 heteroatoms. The summed E-state index contributed by atoms with van der Waals surface area (Å²) in [4.78, 5) is 11.3. The average molecular weight is 240 g/mol. The van der Waals surface area contributed by atoms with E-state index in [1.807, 2.05) is 0 Å². The maximum atomic E-state index is 11.3. The number of nitrogen functional groups attached to an aromatic ring is 1. The fourth-order valence-electron chi connectivity index (χ4n) is 1.56. The van der Waals surface area contributed by atoms with Crippen LogP contribution in [0.1, 0.15) is 30.1 Å². The number of hydrogen-bond acceptors (Lipinski definition) is 3. The lowest BCUT2D eigenvalue weighted by molar-refractivity contribution is 0.100. The second-order valence-corrected chi connectivity index (χ2v) is 4.88. The Bertz CT molecular complexity index is 455. The number of carbonyl (C=O) groups excluding carboxylic acids is 1. The highest BCUT2D eigenvalue weighted by Crippen LogP contribution is 2.41. The summed E-state index contributed by atoms with van der Waals surface area (Å²) >= 11 is 6.06. The van der Waals surface area contributed by atoms with Crippen LogP contribution in [0, 0.1) is 0 Å². The Balaban J connectivity index is 2.44. The minimum atomic E-state index is -0.527. The van der Waals surface area contributed by atoms with Gasteiger partial charge in [-0.25, -0.2) is 0 Å². The average Bonchev–Trinajstić information content (AvgIpc) is 2.88. The molecule has 0 aliphatic heterocycles. The first kappa shape index (κ1) is 11.1. The van der Waals surface area contributed by atoms with Crippen molar-refractivity contribution in [3.8, 4) is 0 Å². The molecule has 4 nitrogen and oxygen atoms in total. The number of primary amides is 1. The van der Waals surface area contributed by atoms with Gasteiger partial charge in [-0.05, 0) is 31.9 Å². The number of nitrogens with two attached hydrogens (primary N) is 2. The molecule has 0 spiro atoms. The van der Waals surface area contributed by atoms with Gasteiger partial charge < -0.3 is 16.8 Å². The Morgan fingerprint density at radius 2 is 2.12 bits per heavy atom. The smallest absolute Gasteiger partial charge is 0.250 e. The van der Waals surface area contributed by atoms with Crippen LogP contribution in [-0.2, 0) is 0 Å². The molecule has 0 heterocycles. The van der Waals surface area contributed by atoms with Crippen molar-refractivity contribution in [1.82, 2.24) is 0 Å². The second kappa shape index (κ2) is 3.56. The Morgan fingerprint density at radius 3 is 2.62 bits per heavy atom. The highest BCUT2D eigenvalue weighted by Gasteiger charge is 2.38. The molecule has 1 fully saturated rings. The van der Waals surface area contributed by atoms with Crippen molar-refractivity contribution in [1.29, 1.82) is 0 Å². The molecule has 16 heavy (non-hydrogen) atoms. The third kappa shape index (κ3) is 2.07.